The molecule has 0 bridgehead atoms. The Morgan fingerprint density at radius 3 is 2.19 bits per heavy atom. The monoisotopic (exact) mass is 323 g/mol. The van der Waals surface area contributed by atoms with Gasteiger partial charge in [0.25, 0.3) is 0 Å². The number of rotatable bonds is 4. The summed E-state index contributed by atoms with van der Waals surface area (Å²) in [5.74, 6) is 1.22. The van der Waals surface area contributed by atoms with Crippen LogP contribution in [0.15, 0.2) is 36.4 Å². The quantitative estimate of drug-likeness (QED) is 0.694. The van der Waals surface area contributed by atoms with Crippen molar-refractivity contribution in [1.29, 1.82) is 0 Å². The topological polar surface area (TPSA) is 35.2 Å². The molecule has 21 heavy (non-hydrogen) atoms. The number of anilines is 1. The van der Waals surface area contributed by atoms with E-state index in [0.29, 0.717) is 21.5 Å². The van der Waals surface area contributed by atoms with E-state index in [4.69, 9.17) is 33.7 Å². The third kappa shape index (κ3) is 3.63. The maximum atomic E-state index is 5.99. The Hall–Kier alpha value is -1.38. The summed E-state index contributed by atoms with van der Waals surface area (Å²) in [5.41, 5.74) is 7.78. The van der Waals surface area contributed by atoms with E-state index in [0.717, 1.165) is 12.2 Å². The van der Waals surface area contributed by atoms with Crippen LogP contribution in [0.4, 0.5) is 5.69 Å². The van der Waals surface area contributed by atoms with Gasteiger partial charge in [-0.15, -0.1) is 0 Å². The van der Waals surface area contributed by atoms with Gasteiger partial charge in [-0.25, -0.2) is 0 Å². The van der Waals surface area contributed by atoms with Crippen LogP contribution in [0.1, 0.15) is 32.8 Å². The van der Waals surface area contributed by atoms with Crippen LogP contribution in [0.5, 0.6) is 11.5 Å². The predicted molar refractivity (Wildman–Crippen MR) is 90.7 cm³/mol. The van der Waals surface area contributed by atoms with Gasteiger partial charge in [-0.1, -0.05) is 56.1 Å². The lowest BCUT2D eigenvalue weighted by Gasteiger charge is -2.23. The van der Waals surface area contributed by atoms with Gasteiger partial charge in [-0.05, 0) is 35.6 Å². The highest BCUT2D eigenvalue weighted by Crippen LogP contribution is 2.36. The van der Waals surface area contributed by atoms with Crippen LogP contribution < -0.4 is 10.5 Å². The van der Waals surface area contributed by atoms with E-state index >= 15 is 0 Å². The van der Waals surface area contributed by atoms with Crippen molar-refractivity contribution in [1.82, 2.24) is 0 Å². The number of nitrogen functional groups attached to an aromatic ring is 1. The minimum atomic E-state index is 0.154. The van der Waals surface area contributed by atoms with E-state index in [-0.39, 0.29) is 5.41 Å². The molecule has 0 saturated heterocycles. The number of benzene rings is 2. The molecule has 0 aliphatic heterocycles. The molecule has 0 fully saturated rings. The SMILES string of the molecule is CCC(C)(C)c1ccc(Oc2cc(Cl)c(Cl)cc2N)cc1. The molecule has 0 aromatic heterocycles. The van der Waals surface area contributed by atoms with Gasteiger partial charge in [0.15, 0.2) is 5.75 Å². The first kappa shape index (κ1) is 16.0. The molecule has 0 spiro atoms. The van der Waals surface area contributed by atoms with Gasteiger partial charge >= 0.3 is 0 Å². The Morgan fingerprint density at radius 1 is 1.05 bits per heavy atom. The Labute approximate surface area is 135 Å². The van der Waals surface area contributed by atoms with Crippen molar-refractivity contribution in [3.63, 3.8) is 0 Å². The maximum absolute atomic E-state index is 5.99. The lowest BCUT2D eigenvalue weighted by atomic mass is 9.82. The second-order valence-electron chi connectivity index (χ2n) is 5.67. The predicted octanol–water partition coefficient (Wildman–Crippen LogP) is 6.06. The molecular weight excluding hydrogens is 305 g/mol. The lowest BCUT2D eigenvalue weighted by molar-refractivity contribution is 0.480. The molecule has 0 heterocycles. The van der Waals surface area contributed by atoms with Crippen LogP contribution in [-0.2, 0) is 5.41 Å². The third-order valence-corrected chi connectivity index (χ3v) is 4.52. The molecule has 2 N–H and O–H groups in total. The zero-order chi connectivity index (χ0) is 15.6. The summed E-state index contributed by atoms with van der Waals surface area (Å²) >= 11 is 11.9. The summed E-state index contributed by atoms with van der Waals surface area (Å²) in [4.78, 5) is 0. The van der Waals surface area contributed by atoms with Crippen molar-refractivity contribution in [3.05, 3.63) is 52.0 Å². The number of hydrogen-bond donors (Lipinski definition) is 1. The molecule has 0 amide bonds. The molecule has 0 saturated carbocycles. The zero-order valence-electron chi connectivity index (χ0n) is 12.4. The fraction of sp³-hybridized carbons (Fsp3) is 0.294. The minimum Gasteiger partial charge on any atom is -0.455 e. The molecule has 2 aromatic rings. The first-order chi connectivity index (χ1) is 9.83. The van der Waals surface area contributed by atoms with Crippen molar-refractivity contribution in [3.8, 4) is 11.5 Å². The van der Waals surface area contributed by atoms with Crippen LogP contribution >= 0.6 is 23.2 Å². The first-order valence-electron chi connectivity index (χ1n) is 6.86. The largest absolute Gasteiger partial charge is 0.455 e. The molecule has 0 aliphatic rings. The fourth-order valence-electron chi connectivity index (χ4n) is 1.94. The van der Waals surface area contributed by atoms with E-state index in [1.165, 1.54) is 5.56 Å². The van der Waals surface area contributed by atoms with E-state index in [9.17, 15) is 0 Å². The zero-order valence-corrected chi connectivity index (χ0v) is 13.9. The summed E-state index contributed by atoms with van der Waals surface area (Å²) < 4.78 is 5.78. The Bertz CT molecular complexity index is 636. The fourth-order valence-corrected chi connectivity index (χ4v) is 2.26. The molecule has 0 aliphatic carbocycles. The third-order valence-electron chi connectivity index (χ3n) is 3.80. The molecule has 2 rings (SSSR count). The number of halogens is 2. The van der Waals surface area contributed by atoms with Gasteiger partial charge in [0.2, 0.25) is 0 Å². The van der Waals surface area contributed by atoms with Crippen LogP contribution in [0.25, 0.3) is 0 Å². The molecular formula is C17H19Cl2NO. The Kier molecular flexibility index (Phi) is 4.70. The van der Waals surface area contributed by atoms with Gasteiger partial charge in [0, 0.05) is 6.07 Å². The van der Waals surface area contributed by atoms with Crippen molar-refractivity contribution in [2.75, 3.05) is 5.73 Å². The molecule has 112 valence electrons. The second-order valence-corrected chi connectivity index (χ2v) is 6.48. The smallest absolute Gasteiger partial charge is 0.151 e. The van der Waals surface area contributed by atoms with Gasteiger partial charge in [0.05, 0.1) is 15.7 Å². The van der Waals surface area contributed by atoms with Crippen molar-refractivity contribution >= 4 is 28.9 Å². The van der Waals surface area contributed by atoms with Gasteiger partial charge in [-0.2, -0.15) is 0 Å². The van der Waals surface area contributed by atoms with Gasteiger partial charge in [-0.3, -0.25) is 0 Å². The Morgan fingerprint density at radius 2 is 1.62 bits per heavy atom. The number of ether oxygens (including phenoxy) is 1. The lowest BCUT2D eigenvalue weighted by Crippen LogP contribution is -2.14. The van der Waals surface area contributed by atoms with Gasteiger partial charge < -0.3 is 10.5 Å². The van der Waals surface area contributed by atoms with Crippen molar-refractivity contribution in [2.24, 2.45) is 0 Å². The molecule has 4 heteroatoms. The average Bonchev–Trinajstić information content (AvgIpc) is 2.45. The summed E-state index contributed by atoms with van der Waals surface area (Å²) in [5, 5.41) is 0.839. The minimum absolute atomic E-state index is 0.154. The average molecular weight is 324 g/mol. The van der Waals surface area contributed by atoms with Crippen molar-refractivity contribution in [2.45, 2.75) is 32.6 Å². The summed E-state index contributed by atoms with van der Waals surface area (Å²) in [6, 6.07) is 11.2. The number of nitrogens with two attached hydrogens (primary N) is 1. The second kappa shape index (κ2) is 6.17. The van der Waals surface area contributed by atoms with E-state index < -0.39 is 0 Å². The maximum Gasteiger partial charge on any atom is 0.151 e. The summed E-state index contributed by atoms with van der Waals surface area (Å²) in [7, 11) is 0. The molecule has 0 atom stereocenters. The molecule has 0 unspecified atom stereocenters. The van der Waals surface area contributed by atoms with Crippen LogP contribution in [0, 0.1) is 0 Å². The van der Waals surface area contributed by atoms with Gasteiger partial charge in [0.1, 0.15) is 5.75 Å². The van der Waals surface area contributed by atoms with Crippen LogP contribution in [0.3, 0.4) is 0 Å². The van der Waals surface area contributed by atoms with Crippen LogP contribution in [0.2, 0.25) is 10.0 Å². The van der Waals surface area contributed by atoms with E-state index in [1.807, 2.05) is 12.1 Å². The normalized spacial score (nSPS) is 11.5. The highest BCUT2D eigenvalue weighted by atomic mass is 35.5. The van der Waals surface area contributed by atoms with Crippen LogP contribution in [-0.4, -0.2) is 0 Å². The summed E-state index contributed by atoms with van der Waals surface area (Å²) in [6.45, 7) is 6.63. The molecule has 2 aromatic carbocycles. The van der Waals surface area contributed by atoms with Crippen molar-refractivity contribution < 1.29 is 4.74 Å². The summed E-state index contributed by atoms with van der Waals surface area (Å²) in [6.07, 6.45) is 1.08. The first-order valence-corrected chi connectivity index (χ1v) is 7.62. The highest BCUT2D eigenvalue weighted by molar-refractivity contribution is 6.42. The van der Waals surface area contributed by atoms with E-state index in [2.05, 4.69) is 32.9 Å². The standard InChI is InChI=1S/C17H19Cl2NO/c1-4-17(2,3)11-5-7-12(8-6-11)21-16-10-14(19)13(18)9-15(16)20/h5-10H,4,20H2,1-3H3. The Balaban J connectivity index is 2.23. The highest BCUT2D eigenvalue weighted by Gasteiger charge is 2.17. The molecule has 2 nitrogen and oxygen atoms in total. The van der Waals surface area contributed by atoms with E-state index in [1.54, 1.807) is 12.1 Å². The molecule has 0 radical (unpaired) electrons. The number of hydrogen-bond acceptors (Lipinski definition) is 2.